The number of allylic oxidation sites excluding steroid dienone is 14. The minimum atomic E-state index is -0.718. The van der Waals surface area contributed by atoms with Crippen molar-refractivity contribution >= 4 is 65.3 Å². The third-order valence-electron chi connectivity index (χ3n) is 41.2. The van der Waals surface area contributed by atoms with Gasteiger partial charge >= 0.3 is 0 Å². The Labute approximate surface area is 876 Å². The number of ketones is 5. The van der Waals surface area contributed by atoms with E-state index < -0.39 is 16.2 Å². The molecule has 0 aromatic heterocycles. The summed E-state index contributed by atoms with van der Waals surface area (Å²) in [5.41, 5.74) is 5.35. The lowest BCUT2D eigenvalue weighted by Crippen LogP contribution is -2.61. The fourth-order valence-electron chi connectivity index (χ4n) is 33.8. The topological polar surface area (TPSA) is 163 Å². The fraction of sp³-hybridized carbons (Fsp3) is 0.750. The number of likely N-dealkylation sites (tertiary alicyclic amines) is 4. The second-order valence-corrected chi connectivity index (χ2v) is 50.0. The van der Waals surface area contributed by atoms with Crippen LogP contribution < -0.4 is 0 Å². The Morgan fingerprint density at radius 3 is 1.15 bits per heavy atom. The number of terminal acetylenes is 1. The third kappa shape index (κ3) is 19.8. The first-order chi connectivity index (χ1) is 64.7. The maximum absolute atomic E-state index is 12.9. The van der Waals surface area contributed by atoms with E-state index in [9.17, 15) is 29.2 Å². The fourth-order valence-corrected chi connectivity index (χ4v) is 33.8. The number of hydrogen-bond acceptors (Lipinski definition) is 14. The highest BCUT2D eigenvalue weighted by Crippen LogP contribution is 2.74. The van der Waals surface area contributed by atoms with E-state index in [-0.39, 0.29) is 170 Å². The Balaban J connectivity index is 0.000000157. The summed E-state index contributed by atoms with van der Waals surface area (Å²) in [7, 11) is 0. The molecular formula is C124H178ClIN6O9. The van der Waals surface area contributed by atoms with Crippen LogP contribution in [0.4, 0.5) is 0 Å². The maximum Gasteiger partial charge on any atom is 0.226 e. The van der Waals surface area contributed by atoms with Crippen LogP contribution in [0.5, 0.6) is 0 Å². The predicted octanol–water partition coefficient (Wildman–Crippen LogP) is 25.8. The van der Waals surface area contributed by atoms with E-state index in [1.54, 1.807) is 34.9 Å². The van der Waals surface area contributed by atoms with Crippen molar-refractivity contribution in [2.75, 3.05) is 105 Å². The lowest BCUT2D eigenvalue weighted by molar-refractivity contribution is -0.284. The minimum absolute atomic E-state index is 0. The first-order valence-electron chi connectivity index (χ1n) is 54.1. The summed E-state index contributed by atoms with van der Waals surface area (Å²) in [6, 6.07) is 2.04. The van der Waals surface area contributed by atoms with E-state index in [1.165, 1.54) is 180 Å². The number of Topliss-reactive ketones (excluding diaryl/α,β-unsaturated/α-hetero) is 3. The van der Waals surface area contributed by atoms with Crippen molar-refractivity contribution in [3.63, 3.8) is 0 Å². The summed E-state index contributed by atoms with van der Waals surface area (Å²) in [5.74, 6) is 34.0. The number of ether oxygens (including phenoxy) is 4. The summed E-state index contributed by atoms with van der Waals surface area (Å²) < 4.78 is 25.0. The van der Waals surface area contributed by atoms with Gasteiger partial charge in [0.25, 0.3) is 0 Å². The van der Waals surface area contributed by atoms with Crippen LogP contribution in [-0.2, 0) is 42.9 Å². The van der Waals surface area contributed by atoms with Gasteiger partial charge < -0.3 is 23.7 Å². The van der Waals surface area contributed by atoms with Crippen LogP contribution in [0.15, 0.2) is 81.7 Å². The van der Waals surface area contributed by atoms with Crippen LogP contribution in [0.25, 0.3) is 4.85 Å². The van der Waals surface area contributed by atoms with E-state index in [1.807, 2.05) is 32.9 Å². The highest BCUT2D eigenvalue weighted by atomic mass is 127. The molecule has 21 rings (SSSR count). The number of fused-ring (bicyclic) bond motifs is 15. The lowest BCUT2D eigenvalue weighted by atomic mass is 9.43. The Morgan fingerprint density at radius 1 is 0.397 bits per heavy atom. The molecule has 6 heterocycles. The highest BCUT2D eigenvalue weighted by Gasteiger charge is 2.70. The van der Waals surface area contributed by atoms with Crippen molar-refractivity contribution < 1.29 is 42.9 Å². The van der Waals surface area contributed by atoms with Crippen LogP contribution >= 0.6 is 36.4 Å². The van der Waals surface area contributed by atoms with Gasteiger partial charge in [0.05, 0.1) is 91.8 Å². The van der Waals surface area contributed by atoms with Gasteiger partial charge in [0, 0.05) is 64.6 Å². The summed E-state index contributed by atoms with van der Waals surface area (Å²) in [6.45, 7) is 57.2. The molecule has 2 spiro atoms. The van der Waals surface area contributed by atoms with E-state index in [4.69, 9.17) is 31.9 Å². The van der Waals surface area contributed by atoms with Gasteiger partial charge in [-0.25, -0.2) is 4.85 Å². The summed E-state index contributed by atoms with van der Waals surface area (Å²) in [5, 5.41) is 9.54. The smallest absolute Gasteiger partial charge is 0.226 e. The van der Waals surface area contributed by atoms with Gasteiger partial charge in [0.1, 0.15) is 17.6 Å². The molecule has 15 nitrogen and oxygen atoms in total. The van der Waals surface area contributed by atoms with Crippen LogP contribution in [0.2, 0.25) is 0 Å². The molecule has 15 atom stereocenters. The molecule has 772 valence electrons. The lowest BCUT2D eigenvalue weighted by Gasteiger charge is -2.64. The van der Waals surface area contributed by atoms with Crippen LogP contribution in [0.1, 0.15) is 364 Å². The summed E-state index contributed by atoms with van der Waals surface area (Å²) in [6.07, 6.45) is 61.7. The minimum Gasteiger partial charge on any atom is -0.347 e. The molecular weight excluding hydrogens is 1880 g/mol. The van der Waals surface area contributed by atoms with Gasteiger partial charge in [0.2, 0.25) is 5.70 Å². The van der Waals surface area contributed by atoms with Crippen molar-refractivity contribution in [2.24, 2.45) is 111 Å². The van der Waals surface area contributed by atoms with E-state index >= 15 is 0 Å². The van der Waals surface area contributed by atoms with Gasteiger partial charge in [-0.3, -0.25) is 38.8 Å². The third-order valence-corrected chi connectivity index (χ3v) is 41.2. The molecule has 17 heteroatoms. The number of nitrogens with zero attached hydrogens (tertiary/aromatic N) is 6. The standard InChI is InChI=1S/C26H27N3O2.C26H39NO2.C24H33NO2.C24H35NO.C21H30O2.3CH4.ClH.HI/c1-24(2)21-8-10-26(9-7-13-29-11-5-6-12-29)15-18(17-27)20(30)14-22(26)25(21,3)16-19(28-4)23(24)31;1-23(2)21-10-13-25(12-8-18-27-16-6-7-17-27)11-5-4-9-22(25)24(21,3)14-15-26(23)28-19-20-29-26;1-22(2)19-8-13-24(10-6-16-25-14-4-5-15-25)12-7-18(26)17-20(24)23(19,3)11-9-21(22)27;1-22(2)19-10-15-24(13-8-18-25-16-6-7-17-25)12-5-4-9-20(24)23(19,3)14-11-21(22)26;1-5-20-10-7-6-8-17(20)19(4)12-13-21(22-14-15-23-21)18(2,3)16(19)9-11-20;;;;;/h14-16,21H,5-6,8,10-13H2,1-3H3;9,21H,4-7,10-11,13-20H2,1-3H3;17,19H,4-5,7-9,11-16H2,1-3H3;9,19H,4-7,10-12,14-18H2,1-3H3;1,8,16H,6-7,9-15H2,2-4H3;3*1H4;2*1H/t21-,25-,26-;21-,24-,25-;19-,23-,24+;19-,23-,24-;16-,19-,20+;;;;;/m00000...../s1. The Hall–Kier alpha value is -5.99. The van der Waals surface area contributed by atoms with Crippen molar-refractivity contribution in [1.82, 2.24) is 19.6 Å². The van der Waals surface area contributed by atoms with E-state index in [0.29, 0.717) is 61.0 Å². The number of halogens is 2. The number of carbonyl (C=O) groups excluding carboxylic acids is 5. The highest BCUT2D eigenvalue weighted by molar-refractivity contribution is 14.0. The van der Waals surface area contributed by atoms with E-state index in [0.717, 1.165) is 148 Å². The molecule has 0 bridgehead atoms. The van der Waals surface area contributed by atoms with Crippen molar-refractivity contribution in [3.05, 3.63) is 93.1 Å². The van der Waals surface area contributed by atoms with Crippen LogP contribution in [0, 0.1) is 188 Å². The van der Waals surface area contributed by atoms with Gasteiger partial charge in [0.15, 0.2) is 28.9 Å². The van der Waals surface area contributed by atoms with Crippen molar-refractivity contribution in [3.8, 4) is 65.8 Å². The second-order valence-electron chi connectivity index (χ2n) is 50.0. The molecule has 6 aliphatic heterocycles. The number of carbonyl (C=O) groups is 5. The number of nitriles is 1. The molecule has 15 fully saturated rings. The molecule has 141 heavy (non-hydrogen) atoms. The zero-order valence-corrected chi connectivity index (χ0v) is 90.3. The first-order valence-corrected chi connectivity index (χ1v) is 54.1. The number of rotatable bonds is 4. The molecule has 6 saturated heterocycles. The van der Waals surface area contributed by atoms with Crippen LogP contribution in [-0.4, -0.2) is 165 Å². The molecule has 0 amide bonds. The van der Waals surface area contributed by atoms with Gasteiger partial charge in [-0.1, -0.05) is 204 Å². The monoisotopic (exact) mass is 2060 g/mol. The van der Waals surface area contributed by atoms with Gasteiger partial charge in [-0.2, -0.15) is 5.26 Å². The molecule has 21 aliphatic rings. The molecule has 0 aromatic rings. The predicted molar refractivity (Wildman–Crippen MR) is 582 cm³/mol. The summed E-state index contributed by atoms with van der Waals surface area (Å²) in [4.78, 5) is 76.6. The van der Waals surface area contributed by atoms with Crippen molar-refractivity contribution in [1.29, 1.82) is 5.26 Å². The summed E-state index contributed by atoms with van der Waals surface area (Å²) >= 11 is 0. The zero-order valence-electron chi connectivity index (χ0n) is 87.2. The Bertz CT molecular complexity index is 5340. The quantitative estimate of drug-likeness (QED) is 0.113. The maximum atomic E-state index is 12.9. The van der Waals surface area contributed by atoms with Gasteiger partial charge in [-0.05, 0) is 355 Å². The zero-order chi connectivity index (χ0) is 96.7. The molecule has 0 N–H and O–H groups in total. The van der Waals surface area contributed by atoms with Gasteiger partial charge in [-0.15, -0.1) is 42.8 Å². The Morgan fingerprint density at radius 2 is 0.752 bits per heavy atom. The molecule has 9 saturated carbocycles. The average Bonchev–Trinajstić information content (AvgIpc) is 1.02. The van der Waals surface area contributed by atoms with Crippen molar-refractivity contribution in [2.45, 2.75) is 375 Å². The molecule has 0 aromatic carbocycles. The molecule has 0 radical (unpaired) electrons. The number of hydrogen-bond donors (Lipinski definition) is 0. The van der Waals surface area contributed by atoms with Crippen LogP contribution in [0.3, 0.4) is 0 Å². The molecule has 15 aliphatic carbocycles. The Kier molecular flexibility index (Phi) is 34.9. The first kappa shape index (κ1) is 114. The second kappa shape index (κ2) is 43.3. The average molecular weight is 2060 g/mol. The molecule has 0 unspecified atom stereocenters. The largest absolute Gasteiger partial charge is 0.347 e. The normalized spacial score (nSPS) is 37.7. The van der Waals surface area contributed by atoms with E-state index in [2.05, 4.69) is 179 Å². The SMILES string of the molecule is C.C.C.C#C[C@]12CCCC=C1[C@@]1(C)CCC3(OCCO3)C(C)(C)[C@@H]1CC2.CC1(C)C(=O)CC[C@]2(C)C3=CC(=O)CC[C@]3(C#CCN3CCCC3)CC[C@@H]12.CC1(C)C(=O)CC[C@]2(C)C3=CCCC[C@]3(C#CCN3CCCC3)CC[C@@H]12.CC1(C)[C@@H]2CC[C@@]3(C#CCN4CCCC4)CCCC=C3[C@@]2(C)CCC12OCCO2.Cl.I.[C-]#[N+]C1=C[C@]2(C)C3=CC(=O)C(C#N)=C[C@]3(C#CCN3CCCC3)CC[C@H]2C(C)(C)C1=O.